The van der Waals surface area contributed by atoms with E-state index in [4.69, 9.17) is 16.6 Å². The van der Waals surface area contributed by atoms with Gasteiger partial charge in [0.25, 0.3) is 0 Å². The van der Waals surface area contributed by atoms with Gasteiger partial charge >= 0.3 is 0 Å². The number of nitrogens with zero attached hydrogens (tertiary/aromatic N) is 1. The molecule has 2 rings (SSSR count). The number of aliphatic imine (C=N–C) groups is 1. The molecule has 0 aliphatic rings. The Labute approximate surface area is 179 Å². The van der Waals surface area contributed by atoms with Crippen molar-refractivity contribution in [2.45, 2.75) is 40.2 Å². The van der Waals surface area contributed by atoms with Crippen LogP contribution in [0, 0.1) is 5.92 Å². The third-order valence-corrected chi connectivity index (χ3v) is 5.21. The molecule has 0 fully saturated rings. The minimum atomic E-state index is -0.129. The molecule has 154 valence electrons. The molecule has 0 saturated carbocycles. The molecule has 29 heavy (non-hydrogen) atoms. The maximum absolute atomic E-state index is 12.6. The Bertz CT molecular complexity index is 905. The van der Waals surface area contributed by atoms with Crippen molar-refractivity contribution in [2.24, 2.45) is 10.9 Å². The van der Waals surface area contributed by atoms with Gasteiger partial charge < -0.3 is 10.6 Å². The molecule has 0 radical (unpaired) electrons. The van der Waals surface area contributed by atoms with Crippen LogP contribution in [-0.2, 0) is 17.8 Å². The molecule has 0 aromatic heterocycles. The van der Waals surface area contributed by atoms with Crippen molar-refractivity contribution in [3.63, 3.8) is 0 Å². The van der Waals surface area contributed by atoms with Gasteiger partial charge in [-0.2, -0.15) is 0 Å². The van der Waals surface area contributed by atoms with Gasteiger partial charge in [-0.3, -0.25) is 4.79 Å². The first kappa shape index (κ1) is 22.9. The summed E-state index contributed by atoms with van der Waals surface area (Å²) in [5, 5.41) is 6.63. The molecular formula is C24H30ClN3O. The van der Waals surface area contributed by atoms with E-state index in [1.54, 1.807) is 0 Å². The molecule has 0 spiro atoms. The summed E-state index contributed by atoms with van der Waals surface area (Å²) < 4.78 is 0. The Balaban J connectivity index is 2.49. The second kappa shape index (κ2) is 10.9. The largest absolute Gasteiger partial charge is 0.316 e. The summed E-state index contributed by atoms with van der Waals surface area (Å²) in [6.45, 7) is 10.8. The number of hydrogen-bond donors (Lipinski definition) is 2. The van der Waals surface area contributed by atoms with Gasteiger partial charge in [0.15, 0.2) is 0 Å². The van der Waals surface area contributed by atoms with E-state index >= 15 is 0 Å². The molecular weight excluding hydrogens is 382 g/mol. The number of carbonyl (C=O) groups is 1. The minimum absolute atomic E-state index is 0.0866. The smallest absolute Gasteiger partial charge is 0.228 e. The summed E-state index contributed by atoms with van der Waals surface area (Å²) in [5.74, 6) is 0.206. The Morgan fingerprint density at radius 2 is 1.93 bits per heavy atom. The average Bonchev–Trinajstić information content (AvgIpc) is 2.74. The number of nitrogens with one attached hydrogen (secondary N) is 2. The first-order valence-corrected chi connectivity index (χ1v) is 10.4. The zero-order valence-electron chi connectivity index (χ0n) is 17.7. The van der Waals surface area contributed by atoms with E-state index in [-0.39, 0.29) is 11.8 Å². The molecule has 1 amide bonds. The summed E-state index contributed by atoms with van der Waals surface area (Å²) in [7, 11) is 1.89. The second-order valence-electron chi connectivity index (χ2n) is 7.10. The fourth-order valence-corrected chi connectivity index (χ4v) is 3.03. The number of rotatable bonds is 8. The number of benzene rings is 2. The van der Waals surface area contributed by atoms with Gasteiger partial charge in [0.05, 0.1) is 10.7 Å². The van der Waals surface area contributed by atoms with Crippen molar-refractivity contribution in [3.05, 3.63) is 76.3 Å². The normalized spacial score (nSPS) is 12.5. The lowest BCUT2D eigenvalue weighted by Crippen LogP contribution is -2.35. The second-order valence-corrected chi connectivity index (χ2v) is 7.51. The van der Waals surface area contributed by atoms with Crippen molar-refractivity contribution in [1.82, 2.24) is 10.6 Å². The Morgan fingerprint density at radius 3 is 2.59 bits per heavy atom. The van der Waals surface area contributed by atoms with Gasteiger partial charge in [-0.1, -0.05) is 63.2 Å². The van der Waals surface area contributed by atoms with Crippen molar-refractivity contribution in [3.8, 4) is 0 Å². The van der Waals surface area contributed by atoms with E-state index in [1.807, 2.05) is 51.2 Å². The molecule has 0 heterocycles. The molecule has 5 heteroatoms. The van der Waals surface area contributed by atoms with Gasteiger partial charge in [-0.05, 0) is 54.8 Å². The lowest BCUT2D eigenvalue weighted by atomic mass is 10.1. The van der Waals surface area contributed by atoms with Crippen LogP contribution < -0.4 is 10.6 Å². The number of carbonyl (C=O) groups excluding carboxylic acids is 1. The van der Waals surface area contributed by atoms with Gasteiger partial charge in [0.2, 0.25) is 5.91 Å². The van der Waals surface area contributed by atoms with Crippen molar-refractivity contribution >= 4 is 29.0 Å². The average molecular weight is 412 g/mol. The summed E-state index contributed by atoms with van der Waals surface area (Å²) >= 11 is 6.48. The standard InChI is InChI=1S/C24H30ClN3O/c1-6-16(3)24(29)28-23(21-14-19(15-26-5)11-12-22(21)25)27-17(4)20-10-8-9-18(7-2)13-20/h8-14,16,26H,4,6-7,15H2,1-3,5H3,(H,27,28,29). The highest BCUT2D eigenvalue weighted by molar-refractivity contribution is 6.34. The van der Waals surface area contributed by atoms with Crippen molar-refractivity contribution in [1.29, 1.82) is 0 Å². The molecule has 0 aliphatic heterocycles. The van der Waals surface area contributed by atoms with E-state index in [2.05, 4.69) is 36.3 Å². The van der Waals surface area contributed by atoms with Crippen molar-refractivity contribution < 1.29 is 4.79 Å². The van der Waals surface area contributed by atoms with Gasteiger partial charge in [-0.25, -0.2) is 4.99 Å². The van der Waals surface area contributed by atoms with Crippen LogP contribution in [0.1, 0.15) is 49.4 Å². The van der Waals surface area contributed by atoms with E-state index in [0.717, 1.165) is 24.0 Å². The van der Waals surface area contributed by atoms with Gasteiger partial charge in [-0.15, -0.1) is 0 Å². The van der Waals surface area contributed by atoms with E-state index < -0.39 is 0 Å². The summed E-state index contributed by atoms with van der Waals surface area (Å²) in [5.41, 5.74) is 4.44. The van der Waals surface area contributed by atoms with Crippen LogP contribution >= 0.6 is 11.6 Å². The van der Waals surface area contributed by atoms with E-state index in [0.29, 0.717) is 28.7 Å². The summed E-state index contributed by atoms with van der Waals surface area (Å²) in [6, 6.07) is 13.8. The highest BCUT2D eigenvalue weighted by atomic mass is 35.5. The number of amides is 1. The molecule has 2 aromatic rings. The number of aryl methyl sites for hydroxylation is 1. The molecule has 0 aliphatic carbocycles. The maximum Gasteiger partial charge on any atom is 0.228 e. The minimum Gasteiger partial charge on any atom is -0.316 e. The molecule has 4 nitrogen and oxygen atoms in total. The van der Waals surface area contributed by atoms with E-state index in [9.17, 15) is 4.79 Å². The molecule has 2 N–H and O–H groups in total. The van der Waals surface area contributed by atoms with Gasteiger partial charge in [0, 0.05) is 18.0 Å². The summed E-state index contributed by atoms with van der Waals surface area (Å²) in [6.07, 6.45) is 1.67. The topological polar surface area (TPSA) is 53.5 Å². The predicted molar refractivity (Wildman–Crippen MR) is 123 cm³/mol. The van der Waals surface area contributed by atoms with Crippen LogP contribution in [0.5, 0.6) is 0 Å². The highest BCUT2D eigenvalue weighted by Crippen LogP contribution is 2.22. The SMILES string of the molecule is C=C(N=C(NC(=O)C(C)CC)c1cc(CNC)ccc1Cl)c1cccc(CC)c1. The maximum atomic E-state index is 12.6. The molecule has 1 unspecified atom stereocenters. The third-order valence-electron chi connectivity index (χ3n) is 4.88. The molecule has 0 bridgehead atoms. The van der Waals surface area contributed by atoms with Crippen LogP contribution in [0.4, 0.5) is 0 Å². The first-order valence-electron chi connectivity index (χ1n) is 10.0. The fourth-order valence-electron chi connectivity index (χ4n) is 2.82. The van der Waals surface area contributed by atoms with Crippen LogP contribution in [0.2, 0.25) is 5.02 Å². The molecule has 2 aromatic carbocycles. The zero-order valence-corrected chi connectivity index (χ0v) is 18.4. The molecule has 1 atom stereocenters. The van der Waals surface area contributed by atoms with Gasteiger partial charge in [0.1, 0.15) is 5.84 Å². The Hall–Kier alpha value is -2.43. The Kier molecular flexibility index (Phi) is 8.62. The van der Waals surface area contributed by atoms with Crippen LogP contribution in [0.25, 0.3) is 5.70 Å². The van der Waals surface area contributed by atoms with E-state index in [1.165, 1.54) is 5.56 Å². The molecule has 0 saturated heterocycles. The quantitative estimate of drug-likeness (QED) is 0.463. The lowest BCUT2D eigenvalue weighted by Gasteiger charge is -2.16. The lowest BCUT2D eigenvalue weighted by molar-refractivity contribution is -0.123. The number of amidine groups is 1. The Morgan fingerprint density at radius 1 is 1.17 bits per heavy atom. The summed E-state index contributed by atoms with van der Waals surface area (Å²) in [4.78, 5) is 17.3. The predicted octanol–water partition coefficient (Wildman–Crippen LogP) is 5.20. The number of halogens is 1. The zero-order chi connectivity index (χ0) is 21.4. The van der Waals surface area contributed by atoms with Crippen LogP contribution in [0.15, 0.2) is 54.0 Å². The van der Waals surface area contributed by atoms with Crippen molar-refractivity contribution in [2.75, 3.05) is 7.05 Å². The first-order chi connectivity index (χ1) is 13.9. The highest BCUT2D eigenvalue weighted by Gasteiger charge is 2.17. The number of hydrogen-bond acceptors (Lipinski definition) is 3. The fraction of sp³-hybridized carbons (Fsp3) is 0.333. The van der Waals surface area contributed by atoms with Crippen LogP contribution in [-0.4, -0.2) is 18.8 Å². The van der Waals surface area contributed by atoms with Crippen LogP contribution in [0.3, 0.4) is 0 Å². The monoisotopic (exact) mass is 411 g/mol. The third kappa shape index (κ3) is 6.28.